The number of benzene rings is 1. The number of hydrogen-bond acceptors (Lipinski definition) is 5. The minimum absolute atomic E-state index is 0.0376. The van der Waals surface area contributed by atoms with Gasteiger partial charge in [0.15, 0.2) is 17.0 Å². The van der Waals surface area contributed by atoms with Crippen molar-refractivity contribution in [2.75, 3.05) is 26.4 Å². The van der Waals surface area contributed by atoms with E-state index in [-0.39, 0.29) is 13.0 Å². The standard InChI is InChI=1S/C17H23NO6/c1-3-8-24-13-6-5-12(10-14(13)23-4-2)15(19)18-17(16(20)21)7-9-22-11-17/h5-6,10H,3-4,7-9,11H2,1-2H3,(H,18,19)(H,20,21). The molecule has 2 N–H and O–H groups in total. The first-order chi connectivity index (χ1) is 11.5. The Morgan fingerprint density at radius 3 is 2.67 bits per heavy atom. The molecule has 1 amide bonds. The van der Waals surface area contributed by atoms with Gasteiger partial charge >= 0.3 is 5.97 Å². The van der Waals surface area contributed by atoms with Crippen LogP contribution in [-0.2, 0) is 9.53 Å². The van der Waals surface area contributed by atoms with E-state index in [0.717, 1.165) is 6.42 Å². The number of amides is 1. The van der Waals surface area contributed by atoms with Crippen LogP contribution in [0.2, 0.25) is 0 Å². The molecule has 1 aromatic carbocycles. The Hall–Kier alpha value is -2.28. The van der Waals surface area contributed by atoms with Crippen molar-refractivity contribution in [3.63, 3.8) is 0 Å². The average molecular weight is 337 g/mol. The lowest BCUT2D eigenvalue weighted by Crippen LogP contribution is -2.55. The molecule has 1 unspecified atom stereocenters. The minimum atomic E-state index is -1.37. The van der Waals surface area contributed by atoms with Crippen LogP contribution < -0.4 is 14.8 Å². The average Bonchev–Trinajstić information content (AvgIpc) is 3.03. The zero-order chi connectivity index (χ0) is 17.6. The van der Waals surface area contributed by atoms with Crippen LogP contribution in [0.25, 0.3) is 0 Å². The first-order valence-corrected chi connectivity index (χ1v) is 8.05. The van der Waals surface area contributed by atoms with Crippen molar-refractivity contribution in [3.05, 3.63) is 23.8 Å². The van der Waals surface area contributed by atoms with Crippen LogP contribution in [0.1, 0.15) is 37.0 Å². The summed E-state index contributed by atoms with van der Waals surface area (Å²) in [5.74, 6) is -0.551. The summed E-state index contributed by atoms with van der Waals surface area (Å²) in [5.41, 5.74) is -1.06. The molecule has 132 valence electrons. The van der Waals surface area contributed by atoms with Gasteiger partial charge in [0, 0.05) is 18.6 Å². The Bertz CT molecular complexity index is 595. The number of carboxylic acid groups (broad SMARTS) is 1. The van der Waals surface area contributed by atoms with Crippen LogP contribution >= 0.6 is 0 Å². The highest BCUT2D eigenvalue weighted by atomic mass is 16.5. The zero-order valence-electron chi connectivity index (χ0n) is 14.0. The number of rotatable bonds is 8. The number of carbonyl (C=O) groups excluding carboxylic acids is 1. The summed E-state index contributed by atoms with van der Waals surface area (Å²) in [6.07, 6.45) is 1.10. The molecule has 1 aromatic rings. The highest BCUT2D eigenvalue weighted by molar-refractivity contribution is 5.98. The van der Waals surface area contributed by atoms with Gasteiger partial charge in [0.05, 0.1) is 19.8 Å². The Kier molecular flexibility index (Phi) is 6.03. The summed E-state index contributed by atoms with van der Waals surface area (Å²) < 4.78 is 16.3. The van der Waals surface area contributed by atoms with Gasteiger partial charge in [-0.25, -0.2) is 4.79 Å². The van der Waals surface area contributed by atoms with E-state index in [0.29, 0.717) is 36.9 Å². The number of nitrogens with one attached hydrogen (secondary N) is 1. The third-order valence-electron chi connectivity index (χ3n) is 3.75. The topological polar surface area (TPSA) is 94.1 Å². The van der Waals surface area contributed by atoms with Gasteiger partial charge in [0.2, 0.25) is 0 Å². The van der Waals surface area contributed by atoms with Gasteiger partial charge < -0.3 is 24.6 Å². The Labute approximate surface area is 140 Å². The maximum absolute atomic E-state index is 12.5. The fourth-order valence-electron chi connectivity index (χ4n) is 2.42. The molecule has 7 nitrogen and oxygen atoms in total. The fraction of sp³-hybridized carbons (Fsp3) is 0.529. The van der Waals surface area contributed by atoms with Crippen molar-refractivity contribution in [1.82, 2.24) is 5.32 Å². The maximum Gasteiger partial charge on any atom is 0.331 e. The van der Waals surface area contributed by atoms with Crippen LogP contribution in [0, 0.1) is 0 Å². The molecule has 0 aromatic heterocycles. The van der Waals surface area contributed by atoms with E-state index >= 15 is 0 Å². The van der Waals surface area contributed by atoms with Crippen molar-refractivity contribution in [1.29, 1.82) is 0 Å². The van der Waals surface area contributed by atoms with Crippen molar-refractivity contribution in [2.24, 2.45) is 0 Å². The summed E-state index contributed by atoms with van der Waals surface area (Å²) in [6, 6.07) is 4.82. The Balaban J connectivity index is 2.19. The summed E-state index contributed by atoms with van der Waals surface area (Å²) >= 11 is 0. The largest absolute Gasteiger partial charge is 0.490 e. The number of aliphatic carboxylic acids is 1. The predicted molar refractivity (Wildman–Crippen MR) is 86.7 cm³/mol. The van der Waals surface area contributed by atoms with E-state index < -0.39 is 17.4 Å². The van der Waals surface area contributed by atoms with Crippen LogP contribution in [0.15, 0.2) is 18.2 Å². The normalized spacial score (nSPS) is 19.8. The SMILES string of the molecule is CCCOc1ccc(C(=O)NC2(C(=O)O)CCOC2)cc1OCC. The van der Waals surface area contributed by atoms with Crippen molar-refractivity contribution in [3.8, 4) is 11.5 Å². The fourth-order valence-corrected chi connectivity index (χ4v) is 2.42. The van der Waals surface area contributed by atoms with Crippen molar-refractivity contribution in [2.45, 2.75) is 32.2 Å². The molecule has 7 heteroatoms. The highest BCUT2D eigenvalue weighted by Crippen LogP contribution is 2.29. The van der Waals surface area contributed by atoms with E-state index in [2.05, 4.69) is 5.32 Å². The molecule has 1 saturated heterocycles. The molecule has 2 rings (SSSR count). The molecule has 0 aliphatic carbocycles. The number of hydrogen-bond donors (Lipinski definition) is 2. The van der Waals surface area contributed by atoms with E-state index in [1.807, 2.05) is 13.8 Å². The van der Waals surface area contributed by atoms with Gasteiger partial charge in [0.1, 0.15) is 0 Å². The molecular formula is C17H23NO6. The molecule has 1 aliphatic rings. The van der Waals surface area contributed by atoms with Crippen LogP contribution in [-0.4, -0.2) is 48.9 Å². The Morgan fingerprint density at radius 2 is 2.08 bits per heavy atom. The monoisotopic (exact) mass is 337 g/mol. The molecular weight excluding hydrogens is 314 g/mol. The first-order valence-electron chi connectivity index (χ1n) is 8.05. The number of ether oxygens (including phenoxy) is 3. The molecule has 0 bridgehead atoms. The van der Waals surface area contributed by atoms with Gasteiger partial charge in [0.25, 0.3) is 5.91 Å². The molecule has 1 heterocycles. The molecule has 0 saturated carbocycles. The van der Waals surface area contributed by atoms with Gasteiger partial charge in [-0.05, 0) is 31.5 Å². The van der Waals surface area contributed by atoms with E-state index in [1.165, 1.54) is 0 Å². The van der Waals surface area contributed by atoms with Crippen molar-refractivity contribution < 1.29 is 28.9 Å². The van der Waals surface area contributed by atoms with E-state index in [4.69, 9.17) is 14.2 Å². The summed E-state index contributed by atoms with van der Waals surface area (Å²) in [5, 5.41) is 12.0. The minimum Gasteiger partial charge on any atom is -0.490 e. The van der Waals surface area contributed by atoms with Gasteiger partial charge in [-0.1, -0.05) is 6.92 Å². The van der Waals surface area contributed by atoms with Gasteiger partial charge in [-0.15, -0.1) is 0 Å². The number of carboxylic acids is 1. The molecule has 1 atom stereocenters. The second-order valence-corrected chi connectivity index (χ2v) is 5.59. The lowest BCUT2D eigenvalue weighted by molar-refractivity contribution is -0.144. The molecule has 0 spiro atoms. The van der Waals surface area contributed by atoms with E-state index in [1.54, 1.807) is 18.2 Å². The summed E-state index contributed by atoms with van der Waals surface area (Å²) in [7, 11) is 0. The predicted octanol–water partition coefficient (Wildman–Crippen LogP) is 1.85. The molecule has 0 radical (unpaired) electrons. The highest BCUT2D eigenvalue weighted by Gasteiger charge is 2.44. The lowest BCUT2D eigenvalue weighted by Gasteiger charge is -2.24. The van der Waals surface area contributed by atoms with Crippen LogP contribution in [0.4, 0.5) is 0 Å². The molecule has 1 fully saturated rings. The first kappa shape index (κ1) is 18.1. The summed E-state index contributed by atoms with van der Waals surface area (Å²) in [4.78, 5) is 24.0. The van der Waals surface area contributed by atoms with Gasteiger partial charge in [-0.2, -0.15) is 0 Å². The third kappa shape index (κ3) is 3.97. The Morgan fingerprint density at radius 1 is 1.29 bits per heavy atom. The smallest absolute Gasteiger partial charge is 0.331 e. The zero-order valence-corrected chi connectivity index (χ0v) is 14.0. The summed E-state index contributed by atoms with van der Waals surface area (Å²) in [6.45, 7) is 5.08. The van der Waals surface area contributed by atoms with Crippen LogP contribution in [0.5, 0.6) is 11.5 Å². The second kappa shape index (κ2) is 8.01. The number of carbonyl (C=O) groups is 2. The maximum atomic E-state index is 12.5. The van der Waals surface area contributed by atoms with Crippen LogP contribution in [0.3, 0.4) is 0 Å². The molecule has 24 heavy (non-hydrogen) atoms. The van der Waals surface area contributed by atoms with E-state index in [9.17, 15) is 14.7 Å². The van der Waals surface area contributed by atoms with Crippen molar-refractivity contribution >= 4 is 11.9 Å². The van der Waals surface area contributed by atoms with Gasteiger partial charge in [-0.3, -0.25) is 4.79 Å². The second-order valence-electron chi connectivity index (χ2n) is 5.59. The third-order valence-corrected chi connectivity index (χ3v) is 3.75. The molecule has 1 aliphatic heterocycles. The quantitative estimate of drug-likeness (QED) is 0.752. The lowest BCUT2D eigenvalue weighted by atomic mass is 9.98.